The Morgan fingerprint density at radius 2 is 1.66 bits per heavy atom. The molecule has 1 unspecified atom stereocenters. The van der Waals surface area contributed by atoms with Crippen LogP contribution in [0.25, 0.3) is 10.9 Å². The van der Waals surface area contributed by atoms with Gasteiger partial charge in [-0.1, -0.05) is 48.5 Å². The van der Waals surface area contributed by atoms with Crippen molar-refractivity contribution in [2.45, 2.75) is 49.9 Å². The molecule has 2 bridgehead atoms. The molecule has 12 heteroatoms. The standard InChI is InChI=1S/C44H48N4O8/c49-37-18-16-35(36-17-19-40(51)47-41(36)37)38(50)27-45-22-5-2-6-25-55-34-14-12-30(13-15-34)42(52)46-33-11-7-10-32(26-33)44(54,31-8-3-1-4-9-31)43(53)56-39-28-48-23-20-29(39)21-24-48/h1,3-4,7-19,26,29,38-39,45,49-50,54H,2,5-6,20-25,27-28H2,(H,46,52)(H,47,51)/t38-,39-,44?/m0/s1. The molecule has 3 aliphatic heterocycles. The number of benzene rings is 4. The van der Waals surface area contributed by atoms with Gasteiger partial charge in [-0.2, -0.15) is 0 Å². The molecule has 12 nitrogen and oxygen atoms in total. The number of pyridine rings is 1. The van der Waals surface area contributed by atoms with E-state index in [1.54, 1.807) is 84.9 Å². The van der Waals surface area contributed by atoms with E-state index in [-0.39, 0.29) is 29.2 Å². The molecule has 5 aromatic rings. The van der Waals surface area contributed by atoms with E-state index in [4.69, 9.17) is 9.47 Å². The summed E-state index contributed by atoms with van der Waals surface area (Å²) in [4.78, 5) is 43.7. The maximum atomic E-state index is 13.9. The van der Waals surface area contributed by atoms with E-state index in [1.807, 2.05) is 6.07 Å². The Labute approximate surface area is 325 Å². The number of H-pyrrole nitrogens is 1. The monoisotopic (exact) mass is 760 g/mol. The van der Waals surface area contributed by atoms with E-state index in [0.717, 1.165) is 45.2 Å². The molecule has 3 fully saturated rings. The molecule has 3 atom stereocenters. The Kier molecular flexibility index (Phi) is 12.1. The average Bonchev–Trinajstić information content (AvgIpc) is 3.22. The van der Waals surface area contributed by atoms with E-state index < -0.39 is 17.7 Å². The average molecular weight is 761 g/mol. The van der Waals surface area contributed by atoms with Gasteiger partial charge in [-0.15, -0.1) is 0 Å². The van der Waals surface area contributed by atoms with E-state index in [2.05, 4.69) is 20.5 Å². The Morgan fingerprint density at radius 1 is 0.893 bits per heavy atom. The highest BCUT2D eigenvalue weighted by Crippen LogP contribution is 2.36. The fraction of sp³-hybridized carbons (Fsp3) is 0.341. The Bertz CT molecular complexity index is 2190. The van der Waals surface area contributed by atoms with Crippen LogP contribution in [0.15, 0.2) is 108 Å². The zero-order valence-corrected chi connectivity index (χ0v) is 31.2. The second kappa shape index (κ2) is 17.5. The number of rotatable bonds is 16. The van der Waals surface area contributed by atoms with E-state index in [0.29, 0.717) is 70.8 Å². The van der Waals surface area contributed by atoms with Crippen molar-refractivity contribution in [2.75, 3.05) is 44.6 Å². The number of esters is 1. The molecular formula is C44H48N4O8. The molecule has 0 radical (unpaired) electrons. The Hall–Kier alpha value is -5.53. The van der Waals surface area contributed by atoms with Crippen LogP contribution in [0, 0.1) is 5.92 Å². The first-order valence-corrected chi connectivity index (χ1v) is 19.3. The smallest absolute Gasteiger partial charge is 0.348 e. The van der Waals surface area contributed by atoms with Crippen LogP contribution in [0.1, 0.15) is 65.3 Å². The van der Waals surface area contributed by atoms with Gasteiger partial charge in [-0.05, 0) is 117 Å². The molecule has 56 heavy (non-hydrogen) atoms. The number of aliphatic hydroxyl groups is 2. The molecule has 0 aliphatic carbocycles. The number of phenols is 1. The lowest BCUT2D eigenvalue weighted by atomic mass is 9.84. The van der Waals surface area contributed by atoms with Crippen molar-refractivity contribution in [3.63, 3.8) is 0 Å². The van der Waals surface area contributed by atoms with Gasteiger partial charge in [0, 0.05) is 41.4 Å². The third-order valence-corrected chi connectivity index (χ3v) is 10.9. The molecule has 1 amide bonds. The first kappa shape index (κ1) is 38.7. The number of fused-ring (bicyclic) bond motifs is 4. The lowest BCUT2D eigenvalue weighted by molar-refractivity contribution is -0.177. The predicted octanol–water partition coefficient (Wildman–Crippen LogP) is 5.23. The summed E-state index contributed by atoms with van der Waals surface area (Å²) in [5.41, 5.74) is 0.0708. The lowest BCUT2D eigenvalue weighted by Crippen LogP contribution is -2.53. The van der Waals surface area contributed by atoms with Gasteiger partial charge in [0.1, 0.15) is 17.6 Å². The van der Waals surface area contributed by atoms with Gasteiger partial charge in [-0.3, -0.25) is 14.5 Å². The van der Waals surface area contributed by atoms with Crippen molar-refractivity contribution in [1.82, 2.24) is 15.2 Å². The highest BCUT2D eigenvalue weighted by Gasteiger charge is 2.45. The summed E-state index contributed by atoms with van der Waals surface area (Å²) in [5, 5.41) is 39.7. The number of anilines is 1. The molecule has 3 saturated heterocycles. The van der Waals surface area contributed by atoms with Crippen LogP contribution in [0.5, 0.6) is 11.5 Å². The molecule has 3 aliphatic rings. The largest absolute Gasteiger partial charge is 0.506 e. The molecule has 4 heterocycles. The number of hydrogen-bond acceptors (Lipinski definition) is 10. The Morgan fingerprint density at radius 3 is 2.41 bits per heavy atom. The lowest BCUT2D eigenvalue weighted by Gasteiger charge is -2.44. The molecule has 0 spiro atoms. The zero-order chi connectivity index (χ0) is 39.1. The van der Waals surface area contributed by atoms with Gasteiger partial charge in [-0.25, -0.2) is 4.79 Å². The molecule has 0 saturated carbocycles. The number of aromatic amines is 1. The molecule has 292 valence electrons. The number of amides is 1. The van der Waals surface area contributed by atoms with Crippen LogP contribution in [-0.4, -0.2) is 82.5 Å². The van der Waals surface area contributed by atoms with Gasteiger partial charge in [0.25, 0.3) is 5.91 Å². The van der Waals surface area contributed by atoms with Crippen molar-refractivity contribution in [3.8, 4) is 11.5 Å². The third kappa shape index (κ3) is 8.79. The summed E-state index contributed by atoms with van der Waals surface area (Å²) < 4.78 is 11.9. The number of unbranched alkanes of at least 4 members (excludes halogenated alkanes) is 2. The predicted molar refractivity (Wildman–Crippen MR) is 213 cm³/mol. The number of piperidine rings is 3. The number of aliphatic hydroxyl groups excluding tert-OH is 1. The van der Waals surface area contributed by atoms with E-state index in [9.17, 15) is 29.7 Å². The number of phenolic OH excluding ortho intramolecular Hbond substituents is 1. The molecule has 1 aromatic heterocycles. The first-order chi connectivity index (χ1) is 27.2. The molecule has 4 aromatic carbocycles. The minimum absolute atomic E-state index is 0.0431. The van der Waals surface area contributed by atoms with Gasteiger partial charge < -0.3 is 40.4 Å². The van der Waals surface area contributed by atoms with Crippen LogP contribution >= 0.6 is 0 Å². The minimum atomic E-state index is -2.07. The summed E-state index contributed by atoms with van der Waals surface area (Å²) in [5.74, 6) is -0.196. The molecule has 8 rings (SSSR count). The number of carbonyl (C=O) groups excluding carboxylic acids is 2. The van der Waals surface area contributed by atoms with Crippen molar-refractivity contribution in [2.24, 2.45) is 5.92 Å². The van der Waals surface area contributed by atoms with Crippen LogP contribution < -0.4 is 20.9 Å². The zero-order valence-electron chi connectivity index (χ0n) is 31.2. The minimum Gasteiger partial charge on any atom is -0.506 e. The summed E-state index contributed by atoms with van der Waals surface area (Å²) in [6.07, 6.45) is 3.46. The summed E-state index contributed by atoms with van der Waals surface area (Å²) >= 11 is 0. The second-order valence-corrected chi connectivity index (χ2v) is 14.6. The normalized spacial score (nSPS) is 19.2. The van der Waals surface area contributed by atoms with E-state index >= 15 is 0 Å². The highest BCUT2D eigenvalue weighted by atomic mass is 16.6. The van der Waals surface area contributed by atoms with Crippen molar-refractivity contribution < 1.29 is 34.4 Å². The number of ether oxygens (including phenoxy) is 2. The van der Waals surface area contributed by atoms with Crippen LogP contribution in [0.4, 0.5) is 5.69 Å². The second-order valence-electron chi connectivity index (χ2n) is 14.6. The number of carbonyl (C=O) groups is 2. The SMILES string of the molecule is O=C(Nc1cccc(C(O)(C(=O)O[C@H]2CN3CCC2CC3)c2ccccc2)c1)c1ccc(OCCCCCNC[C@H](O)c2ccc(O)c3[nH]c(=O)ccc23)cc1. The summed E-state index contributed by atoms with van der Waals surface area (Å²) in [6.45, 7) is 4.20. The van der Waals surface area contributed by atoms with Crippen molar-refractivity contribution in [1.29, 1.82) is 0 Å². The number of aromatic nitrogens is 1. The van der Waals surface area contributed by atoms with Crippen molar-refractivity contribution >= 4 is 28.5 Å². The summed E-state index contributed by atoms with van der Waals surface area (Å²) in [7, 11) is 0. The number of hydrogen-bond donors (Lipinski definition) is 6. The topological polar surface area (TPSA) is 173 Å². The number of nitrogens with one attached hydrogen (secondary N) is 3. The molecule has 6 N–H and O–H groups in total. The fourth-order valence-electron chi connectivity index (χ4n) is 7.69. The van der Waals surface area contributed by atoms with Crippen LogP contribution in [-0.2, 0) is 15.1 Å². The summed E-state index contributed by atoms with van der Waals surface area (Å²) in [6, 6.07) is 28.4. The number of nitrogens with zero attached hydrogens (tertiary/aromatic N) is 1. The number of aromatic hydroxyl groups is 1. The fourth-order valence-corrected chi connectivity index (χ4v) is 7.69. The van der Waals surface area contributed by atoms with Gasteiger partial charge >= 0.3 is 5.97 Å². The van der Waals surface area contributed by atoms with E-state index in [1.165, 1.54) is 12.1 Å². The van der Waals surface area contributed by atoms with Gasteiger partial charge in [0.05, 0.1) is 18.2 Å². The highest BCUT2D eigenvalue weighted by molar-refractivity contribution is 6.04. The van der Waals surface area contributed by atoms with Crippen molar-refractivity contribution in [3.05, 3.63) is 136 Å². The first-order valence-electron chi connectivity index (χ1n) is 19.3. The van der Waals surface area contributed by atoms with Gasteiger partial charge in [0.15, 0.2) is 0 Å². The molecular weight excluding hydrogens is 713 g/mol. The maximum Gasteiger partial charge on any atom is 0.348 e. The quantitative estimate of drug-likeness (QED) is 0.0578. The third-order valence-electron chi connectivity index (χ3n) is 10.9. The Balaban J connectivity index is 0.871. The van der Waals surface area contributed by atoms with Crippen LogP contribution in [0.3, 0.4) is 0 Å². The van der Waals surface area contributed by atoms with Gasteiger partial charge in [0.2, 0.25) is 11.2 Å². The van der Waals surface area contributed by atoms with Crippen LogP contribution in [0.2, 0.25) is 0 Å². The maximum absolute atomic E-state index is 13.9.